The molecule has 0 fully saturated rings. The number of hydrogen-bond donors (Lipinski definition) is 4. The molecule has 2 unspecified atom stereocenters. The lowest BCUT2D eigenvalue weighted by atomic mass is 9.93. The van der Waals surface area contributed by atoms with Gasteiger partial charge in [0.25, 0.3) is 11.8 Å². The molecule has 5 N–H and O–H groups in total. The minimum absolute atomic E-state index is 0.109. The lowest BCUT2D eigenvalue weighted by Crippen LogP contribution is -2.38. The number of anilines is 2. The Hall–Kier alpha value is -3.49. The molecule has 0 bridgehead atoms. The molecule has 15 heteroatoms. The molecule has 4 heterocycles. The second-order valence-corrected chi connectivity index (χ2v) is 12.2. The van der Waals surface area contributed by atoms with Gasteiger partial charge in [-0.25, -0.2) is 0 Å². The number of carbonyl (C=O) groups excluding carboxylic acids is 2. The van der Waals surface area contributed by atoms with Crippen LogP contribution in [-0.2, 0) is 20.4 Å². The first kappa shape index (κ1) is 35.7. The van der Waals surface area contributed by atoms with Crippen molar-refractivity contribution in [3.8, 4) is 24.7 Å². The number of nitrogens with one attached hydrogen (secondary N) is 1. The van der Waals surface area contributed by atoms with Gasteiger partial charge in [0, 0.05) is 23.0 Å². The summed E-state index contributed by atoms with van der Waals surface area (Å²) < 4.78 is 10.4. The summed E-state index contributed by atoms with van der Waals surface area (Å²) in [6.45, 7) is 12.2. The van der Waals surface area contributed by atoms with Crippen molar-refractivity contribution in [3.63, 3.8) is 0 Å². The Labute approximate surface area is 264 Å². The first-order valence-electron chi connectivity index (χ1n) is 12.7. The van der Waals surface area contributed by atoms with E-state index in [2.05, 4.69) is 33.9 Å². The van der Waals surface area contributed by atoms with Crippen molar-refractivity contribution in [2.75, 3.05) is 22.9 Å². The van der Waals surface area contributed by atoms with Crippen LogP contribution in [0.2, 0.25) is 0 Å². The molecule has 2 aliphatic rings. The molecule has 0 aromatic carbocycles. The van der Waals surface area contributed by atoms with E-state index >= 15 is 0 Å². The van der Waals surface area contributed by atoms with E-state index in [0.29, 0.717) is 18.1 Å². The Morgan fingerprint density at radius 3 is 1.63 bits per heavy atom. The lowest BCUT2D eigenvalue weighted by molar-refractivity contribution is -0.115. The molecule has 0 saturated heterocycles. The molecular formula is C28H33Cl3N6O6. The Balaban J connectivity index is 0.000000269. The van der Waals surface area contributed by atoms with Crippen molar-refractivity contribution >= 4 is 58.3 Å². The van der Waals surface area contributed by atoms with Gasteiger partial charge >= 0.3 is 0 Å². The van der Waals surface area contributed by atoms with E-state index < -0.39 is 24.3 Å². The largest absolute Gasteiger partial charge is 0.372 e. The molecule has 2 amide bonds. The summed E-state index contributed by atoms with van der Waals surface area (Å²) in [5.41, 5.74) is 4.45. The number of aromatic nitrogens is 2. The van der Waals surface area contributed by atoms with Gasteiger partial charge < -0.3 is 30.3 Å². The number of halogens is 3. The SMILES string of the molecule is C#CCN.C#CCNC1=C(Cl)C(=O)N(c2cc(C(C)(C)C)on2)C1O.CC(C)(C)c1cc(N2C(=O)C(Cl)=C(Cl)C2O)no1. The minimum atomic E-state index is -1.32. The topological polar surface area (TPSA) is 171 Å². The zero-order valence-electron chi connectivity index (χ0n) is 24.4. The summed E-state index contributed by atoms with van der Waals surface area (Å²) >= 11 is 17.4. The van der Waals surface area contributed by atoms with E-state index in [1.54, 1.807) is 12.1 Å². The van der Waals surface area contributed by atoms with Crippen LogP contribution < -0.4 is 20.9 Å². The number of terminal acetylenes is 2. The van der Waals surface area contributed by atoms with Crippen molar-refractivity contribution in [1.29, 1.82) is 0 Å². The minimum Gasteiger partial charge on any atom is -0.372 e. The summed E-state index contributed by atoms with van der Waals surface area (Å²) in [5.74, 6) is 4.98. The highest BCUT2D eigenvalue weighted by atomic mass is 35.5. The smallest absolute Gasteiger partial charge is 0.275 e. The maximum absolute atomic E-state index is 12.2. The van der Waals surface area contributed by atoms with Gasteiger partial charge in [-0.3, -0.25) is 19.4 Å². The molecule has 0 aliphatic carbocycles. The maximum Gasteiger partial charge on any atom is 0.275 e. The normalized spacial score (nSPS) is 18.7. The van der Waals surface area contributed by atoms with Gasteiger partial charge in [-0.05, 0) is 0 Å². The van der Waals surface area contributed by atoms with Crippen LogP contribution in [0.4, 0.5) is 11.6 Å². The molecule has 43 heavy (non-hydrogen) atoms. The fourth-order valence-corrected chi connectivity index (χ4v) is 3.98. The van der Waals surface area contributed by atoms with Crippen LogP contribution in [0, 0.1) is 24.7 Å². The number of rotatable bonds is 4. The third-order valence-corrected chi connectivity index (χ3v) is 6.91. The molecule has 0 radical (unpaired) electrons. The Morgan fingerprint density at radius 2 is 1.30 bits per heavy atom. The van der Waals surface area contributed by atoms with Crippen molar-refractivity contribution in [3.05, 3.63) is 44.4 Å². The lowest BCUT2D eigenvalue weighted by Gasteiger charge is -2.19. The third kappa shape index (κ3) is 8.12. The number of nitrogens with zero attached hydrogens (tertiary/aromatic N) is 4. The molecule has 2 aromatic heterocycles. The van der Waals surface area contributed by atoms with Crippen LogP contribution in [0.15, 0.2) is 42.0 Å². The van der Waals surface area contributed by atoms with E-state index in [0.717, 1.165) is 9.80 Å². The first-order chi connectivity index (χ1) is 19.9. The van der Waals surface area contributed by atoms with Crippen LogP contribution in [0.3, 0.4) is 0 Å². The zero-order valence-corrected chi connectivity index (χ0v) is 26.7. The average molecular weight is 656 g/mol. The molecule has 2 atom stereocenters. The van der Waals surface area contributed by atoms with Crippen molar-refractivity contribution < 1.29 is 28.8 Å². The van der Waals surface area contributed by atoms with Gasteiger partial charge in [0.2, 0.25) is 0 Å². The van der Waals surface area contributed by atoms with Gasteiger partial charge in [-0.1, -0.05) is 98.5 Å². The van der Waals surface area contributed by atoms with Crippen molar-refractivity contribution in [2.45, 2.75) is 64.8 Å². The van der Waals surface area contributed by atoms with E-state index in [1.807, 2.05) is 41.5 Å². The Kier molecular flexibility index (Phi) is 11.9. The number of nitrogens with two attached hydrogens (primary N) is 1. The molecule has 4 rings (SSSR count). The van der Waals surface area contributed by atoms with Crippen LogP contribution in [0.5, 0.6) is 0 Å². The summed E-state index contributed by atoms with van der Waals surface area (Å²) in [4.78, 5) is 26.0. The predicted molar refractivity (Wildman–Crippen MR) is 164 cm³/mol. The first-order valence-corrected chi connectivity index (χ1v) is 13.8. The summed E-state index contributed by atoms with van der Waals surface area (Å²) in [5, 5.41) is 29.9. The molecule has 2 aliphatic heterocycles. The zero-order chi connectivity index (χ0) is 32.9. The summed E-state index contributed by atoms with van der Waals surface area (Å²) in [6.07, 6.45) is 7.21. The number of carbonyl (C=O) groups is 2. The van der Waals surface area contributed by atoms with E-state index in [9.17, 15) is 19.8 Å². The Morgan fingerprint density at radius 1 is 0.884 bits per heavy atom. The van der Waals surface area contributed by atoms with Gasteiger partial charge in [-0.2, -0.15) is 0 Å². The van der Waals surface area contributed by atoms with Crippen molar-refractivity contribution in [1.82, 2.24) is 15.6 Å². The summed E-state index contributed by atoms with van der Waals surface area (Å²) in [6, 6.07) is 3.19. The fourth-order valence-electron chi connectivity index (χ4n) is 3.36. The van der Waals surface area contributed by atoms with Crippen LogP contribution in [0.1, 0.15) is 53.1 Å². The van der Waals surface area contributed by atoms with Crippen LogP contribution in [0.25, 0.3) is 0 Å². The second-order valence-electron chi connectivity index (χ2n) is 11.1. The van der Waals surface area contributed by atoms with E-state index in [-0.39, 0.29) is 49.8 Å². The maximum atomic E-state index is 12.2. The second kappa shape index (κ2) is 14.3. The standard InChI is InChI=1S/C14H16ClN3O3.C11H12Cl2N2O3.C3H5N/c1-5-6-16-11-10(15)12(19)18(13(11)20)9-7-8(21-17-9)14(2,3)4;1-11(2,3)5-4-6(14-18-5)15-9(16)7(12)8(13)10(15)17;1-2-3-4/h1,7,13,16,20H,6H2,2-4H3;4,9,16H,1-3H3;1H,3-4H2. The number of aliphatic hydroxyl groups excluding tert-OH is 2. The highest BCUT2D eigenvalue weighted by Crippen LogP contribution is 2.35. The van der Waals surface area contributed by atoms with Gasteiger partial charge in [-0.15, -0.1) is 12.8 Å². The van der Waals surface area contributed by atoms with Gasteiger partial charge in [0.05, 0.1) is 23.8 Å². The molecule has 12 nitrogen and oxygen atoms in total. The molecular weight excluding hydrogens is 623 g/mol. The monoisotopic (exact) mass is 654 g/mol. The van der Waals surface area contributed by atoms with E-state index in [1.165, 1.54) is 0 Å². The summed E-state index contributed by atoms with van der Waals surface area (Å²) in [7, 11) is 0. The van der Waals surface area contributed by atoms with Gasteiger partial charge in [0.15, 0.2) is 24.1 Å². The number of hydrogen-bond acceptors (Lipinski definition) is 10. The highest BCUT2D eigenvalue weighted by Gasteiger charge is 2.41. The number of aliphatic hydroxyl groups is 2. The van der Waals surface area contributed by atoms with Crippen molar-refractivity contribution in [2.24, 2.45) is 5.73 Å². The quantitative estimate of drug-likeness (QED) is 0.359. The Bertz CT molecular complexity index is 1490. The highest BCUT2D eigenvalue weighted by molar-refractivity contribution is 6.51. The predicted octanol–water partition coefficient (Wildman–Crippen LogP) is 3.21. The average Bonchev–Trinajstić information content (AvgIpc) is 3.70. The number of amides is 2. The third-order valence-electron chi connectivity index (χ3n) is 5.70. The molecule has 0 spiro atoms. The molecule has 2 aromatic rings. The van der Waals surface area contributed by atoms with Crippen LogP contribution >= 0.6 is 34.8 Å². The fraction of sp³-hybridized carbons (Fsp3) is 0.429. The van der Waals surface area contributed by atoms with Crippen LogP contribution in [-0.4, -0.2) is 57.9 Å². The molecule has 0 saturated carbocycles. The van der Waals surface area contributed by atoms with Gasteiger partial charge in [0.1, 0.15) is 21.6 Å². The molecule has 232 valence electrons. The van der Waals surface area contributed by atoms with E-state index in [4.69, 9.17) is 56.0 Å².